The molecule has 19 heavy (non-hydrogen) atoms. The summed E-state index contributed by atoms with van der Waals surface area (Å²) in [6.07, 6.45) is 8.71. The Morgan fingerprint density at radius 3 is 2.47 bits per heavy atom. The van der Waals surface area contributed by atoms with Crippen LogP contribution in [0.4, 0.5) is 0 Å². The van der Waals surface area contributed by atoms with Gasteiger partial charge in [0.25, 0.3) is 0 Å². The highest BCUT2D eigenvalue weighted by Crippen LogP contribution is 2.32. The van der Waals surface area contributed by atoms with Crippen LogP contribution in [0, 0.1) is 23.7 Å². The van der Waals surface area contributed by atoms with Crippen LogP contribution in [0.2, 0.25) is 0 Å². The standard InChI is InChI=1S/C17H31NO/c1-13(2)15-8-9-17(19)16(10-15)12-18(3)11-14-6-4-5-7-14/h13-16H,4-12H2,1-3H3. The lowest BCUT2D eigenvalue weighted by atomic mass is 9.75. The lowest BCUT2D eigenvalue weighted by Gasteiger charge is -2.33. The van der Waals surface area contributed by atoms with Gasteiger partial charge in [-0.3, -0.25) is 4.79 Å². The molecule has 2 aliphatic rings. The van der Waals surface area contributed by atoms with E-state index in [0.29, 0.717) is 11.7 Å². The molecule has 0 spiro atoms. The minimum Gasteiger partial charge on any atom is -0.305 e. The summed E-state index contributed by atoms with van der Waals surface area (Å²) in [5.41, 5.74) is 0. The van der Waals surface area contributed by atoms with E-state index in [1.807, 2.05) is 0 Å². The van der Waals surface area contributed by atoms with Gasteiger partial charge in [-0.05, 0) is 50.5 Å². The number of nitrogens with zero attached hydrogens (tertiary/aromatic N) is 1. The largest absolute Gasteiger partial charge is 0.305 e. The number of carbonyl (C=O) groups excluding carboxylic acids is 1. The number of carbonyl (C=O) groups is 1. The molecule has 2 unspecified atom stereocenters. The first-order valence-corrected chi connectivity index (χ1v) is 8.27. The van der Waals surface area contributed by atoms with E-state index >= 15 is 0 Å². The zero-order chi connectivity index (χ0) is 13.8. The number of rotatable bonds is 5. The van der Waals surface area contributed by atoms with Gasteiger partial charge in [0.05, 0.1) is 0 Å². The highest BCUT2D eigenvalue weighted by Gasteiger charge is 2.31. The molecule has 0 aliphatic heterocycles. The van der Waals surface area contributed by atoms with E-state index in [1.54, 1.807) is 0 Å². The third-order valence-electron chi connectivity index (χ3n) is 5.32. The Labute approximate surface area is 118 Å². The van der Waals surface area contributed by atoms with Crippen LogP contribution in [0.3, 0.4) is 0 Å². The molecule has 0 aromatic heterocycles. The van der Waals surface area contributed by atoms with E-state index in [9.17, 15) is 4.79 Å². The molecule has 2 rings (SSSR count). The maximum absolute atomic E-state index is 12.1. The van der Waals surface area contributed by atoms with Gasteiger partial charge in [-0.15, -0.1) is 0 Å². The van der Waals surface area contributed by atoms with Gasteiger partial charge in [0.15, 0.2) is 0 Å². The van der Waals surface area contributed by atoms with Gasteiger partial charge >= 0.3 is 0 Å². The van der Waals surface area contributed by atoms with Crippen LogP contribution in [0.25, 0.3) is 0 Å². The van der Waals surface area contributed by atoms with Gasteiger partial charge in [0, 0.05) is 25.4 Å². The van der Waals surface area contributed by atoms with Crippen LogP contribution in [0.15, 0.2) is 0 Å². The van der Waals surface area contributed by atoms with Gasteiger partial charge < -0.3 is 4.90 Å². The second-order valence-corrected chi connectivity index (χ2v) is 7.31. The number of hydrogen-bond donors (Lipinski definition) is 0. The van der Waals surface area contributed by atoms with E-state index in [1.165, 1.54) is 32.2 Å². The zero-order valence-electron chi connectivity index (χ0n) is 13.0. The third-order valence-corrected chi connectivity index (χ3v) is 5.32. The van der Waals surface area contributed by atoms with Crippen molar-refractivity contribution in [3.63, 3.8) is 0 Å². The predicted octanol–water partition coefficient (Wildman–Crippen LogP) is 3.75. The number of hydrogen-bond acceptors (Lipinski definition) is 2. The molecular weight excluding hydrogens is 234 g/mol. The van der Waals surface area contributed by atoms with Gasteiger partial charge in [0.1, 0.15) is 5.78 Å². The summed E-state index contributed by atoms with van der Waals surface area (Å²) in [7, 11) is 2.21. The summed E-state index contributed by atoms with van der Waals surface area (Å²) in [6.45, 7) is 6.81. The minimum atomic E-state index is 0.313. The highest BCUT2D eigenvalue weighted by atomic mass is 16.1. The van der Waals surface area contributed by atoms with E-state index < -0.39 is 0 Å². The average molecular weight is 265 g/mol. The Kier molecular flexibility index (Phi) is 5.44. The molecule has 0 amide bonds. The van der Waals surface area contributed by atoms with E-state index in [4.69, 9.17) is 0 Å². The smallest absolute Gasteiger partial charge is 0.137 e. The van der Waals surface area contributed by atoms with Crippen molar-refractivity contribution in [3.8, 4) is 0 Å². The Morgan fingerprint density at radius 2 is 1.84 bits per heavy atom. The highest BCUT2D eigenvalue weighted by molar-refractivity contribution is 5.81. The summed E-state index contributed by atoms with van der Waals surface area (Å²) in [6, 6.07) is 0. The lowest BCUT2D eigenvalue weighted by molar-refractivity contribution is -0.126. The zero-order valence-corrected chi connectivity index (χ0v) is 13.0. The monoisotopic (exact) mass is 265 g/mol. The van der Waals surface area contributed by atoms with E-state index in [-0.39, 0.29) is 0 Å². The van der Waals surface area contributed by atoms with Crippen LogP contribution >= 0.6 is 0 Å². The SMILES string of the molecule is CC(C)C1CCC(=O)C(CN(C)CC2CCCC2)C1. The minimum absolute atomic E-state index is 0.313. The second kappa shape index (κ2) is 6.88. The van der Waals surface area contributed by atoms with Gasteiger partial charge in [-0.2, -0.15) is 0 Å². The van der Waals surface area contributed by atoms with Crippen molar-refractivity contribution in [3.05, 3.63) is 0 Å². The number of Topliss-reactive ketones (excluding diaryl/α,β-unsaturated/α-hetero) is 1. The van der Waals surface area contributed by atoms with Crippen molar-refractivity contribution in [1.29, 1.82) is 0 Å². The fourth-order valence-electron chi connectivity index (χ4n) is 4.01. The summed E-state index contributed by atoms with van der Waals surface area (Å²) in [5, 5.41) is 0. The Balaban J connectivity index is 1.80. The molecule has 0 bridgehead atoms. The number of ketones is 1. The molecule has 0 aromatic carbocycles. The normalized spacial score (nSPS) is 29.6. The quantitative estimate of drug-likeness (QED) is 0.754. The third kappa shape index (κ3) is 4.30. The molecule has 2 atom stereocenters. The van der Waals surface area contributed by atoms with Crippen LogP contribution in [-0.4, -0.2) is 30.8 Å². The first-order valence-electron chi connectivity index (χ1n) is 8.27. The van der Waals surface area contributed by atoms with Gasteiger partial charge in [0.2, 0.25) is 0 Å². The van der Waals surface area contributed by atoms with E-state index in [0.717, 1.165) is 43.6 Å². The van der Waals surface area contributed by atoms with Crippen LogP contribution in [0.5, 0.6) is 0 Å². The van der Waals surface area contributed by atoms with Gasteiger partial charge in [-0.25, -0.2) is 0 Å². The molecule has 2 fully saturated rings. The Bertz CT molecular complexity index is 294. The fraction of sp³-hybridized carbons (Fsp3) is 0.941. The van der Waals surface area contributed by atoms with Crippen molar-refractivity contribution >= 4 is 5.78 Å². The molecule has 0 radical (unpaired) electrons. The molecule has 0 N–H and O–H groups in total. The van der Waals surface area contributed by atoms with Crippen LogP contribution < -0.4 is 0 Å². The Hall–Kier alpha value is -0.370. The van der Waals surface area contributed by atoms with Crippen molar-refractivity contribution in [1.82, 2.24) is 4.90 Å². The second-order valence-electron chi connectivity index (χ2n) is 7.31. The van der Waals surface area contributed by atoms with E-state index in [2.05, 4.69) is 25.8 Å². The maximum atomic E-state index is 12.1. The molecule has 0 heterocycles. The van der Waals surface area contributed by atoms with Crippen molar-refractivity contribution < 1.29 is 4.79 Å². The summed E-state index contributed by atoms with van der Waals surface area (Å²) < 4.78 is 0. The molecule has 2 aliphatic carbocycles. The molecule has 2 heteroatoms. The Morgan fingerprint density at radius 1 is 1.16 bits per heavy atom. The molecule has 0 aromatic rings. The van der Waals surface area contributed by atoms with Crippen molar-refractivity contribution in [2.45, 2.75) is 58.8 Å². The molecule has 2 nitrogen and oxygen atoms in total. The average Bonchev–Trinajstić information content (AvgIpc) is 2.84. The summed E-state index contributed by atoms with van der Waals surface area (Å²) in [5.74, 6) is 3.23. The predicted molar refractivity (Wildman–Crippen MR) is 80.1 cm³/mol. The maximum Gasteiger partial charge on any atom is 0.137 e. The first-order chi connectivity index (χ1) is 9.06. The van der Waals surface area contributed by atoms with Crippen LogP contribution in [-0.2, 0) is 4.79 Å². The topological polar surface area (TPSA) is 20.3 Å². The summed E-state index contributed by atoms with van der Waals surface area (Å²) in [4.78, 5) is 14.5. The van der Waals surface area contributed by atoms with Crippen molar-refractivity contribution in [2.24, 2.45) is 23.7 Å². The summed E-state index contributed by atoms with van der Waals surface area (Å²) >= 11 is 0. The molecule has 110 valence electrons. The van der Waals surface area contributed by atoms with Crippen LogP contribution in [0.1, 0.15) is 58.8 Å². The molecule has 0 saturated heterocycles. The molecular formula is C17H31NO. The first kappa shape index (κ1) is 15.0. The molecule has 2 saturated carbocycles. The lowest BCUT2D eigenvalue weighted by Crippen LogP contribution is -2.37. The fourth-order valence-corrected chi connectivity index (χ4v) is 4.01. The van der Waals surface area contributed by atoms with Crippen molar-refractivity contribution in [2.75, 3.05) is 20.1 Å². The van der Waals surface area contributed by atoms with Gasteiger partial charge in [-0.1, -0.05) is 26.7 Å².